The van der Waals surface area contributed by atoms with E-state index in [1.807, 2.05) is 46.5 Å². The van der Waals surface area contributed by atoms with Crippen molar-refractivity contribution in [2.24, 2.45) is 0 Å². The highest BCUT2D eigenvalue weighted by molar-refractivity contribution is 7.13. The van der Waals surface area contributed by atoms with Crippen molar-refractivity contribution in [3.8, 4) is 10.6 Å². The zero-order chi connectivity index (χ0) is 18.8. The third kappa shape index (κ3) is 3.73. The number of nitrogens with one attached hydrogen (secondary N) is 1. The number of amides is 1. The first-order valence-electron chi connectivity index (χ1n) is 8.73. The molecule has 0 saturated carbocycles. The maximum atomic E-state index is 12.4. The van der Waals surface area contributed by atoms with Gasteiger partial charge in [0.15, 0.2) is 5.65 Å². The molecule has 7 heteroatoms. The fourth-order valence-corrected chi connectivity index (χ4v) is 3.68. The molecule has 0 aliphatic heterocycles. The van der Waals surface area contributed by atoms with Gasteiger partial charge in [-0.3, -0.25) is 4.79 Å². The van der Waals surface area contributed by atoms with Crippen molar-refractivity contribution in [1.82, 2.24) is 19.7 Å². The summed E-state index contributed by atoms with van der Waals surface area (Å²) in [5, 5.41) is 11.0. The van der Waals surface area contributed by atoms with Crippen LogP contribution < -0.4 is 5.32 Å². The van der Waals surface area contributed by atoms with Crippen molar-refractivity contribution < 1.29 is 4.79 Å². The number of benzene rings is 1. The molecule has 6 nitrogen and oxygen atoms in total. The maximum Gasteiger partial charge on any atom is 0.230 e. The lowest BCUT2D eigenvalue weighted by atomic mass is 10.2. The predicted molar refractivity (Wildman–Crippen MR) is 108 cm³/mol. The fourth-order valence-electron chi connectivity index (χ4n) is 2.86. The standard InChI is InChI=1S/C20H19N5OS/c1-13(2)25-19-15(10-22-25)8-16(11-21-19)23-18(26)9-17-12-27-20(24-17)14-6-4-3-5-7-14/h3-8,10-13H,9H2,1-2H3,(H,23,26). The summed E-state index contributed by atoms with van der Waals surface area (Å²) >= 11 is 1.54. The summed E-state index contributed by atoms with van der Waals surface area (Å²) in [5.41, 5.74) is 3.30. The molecule has 0 atom stereocenters. The summed E-state index contributed by atoms with van der Waals surface area (Å²) in [6.07, 6.45) is 3.66. The van der Waals surface area contributed by atoms with Crippen LogP contribution in [0, 0.1) is 0 Å². The van der Waals surface area contributed by atoms with Gasteiger partial charge >= 0.3 is 0 Å². The Labute approximate surface area is 160 Å². The minimum Gasteiger partial charge on any atom is -0.324 e. The van der Waals surface area contributed by atoms with E-state index in [1.54, 1.807) is 23.7 Å². The number of nitrogens with zero attached hydrogens (tertiary/aromatic N) is 4. The van der Waals surface area contributed by atoms with Crippen molar-refractivity contribution in [3.63, 3.8) is 0 Å². The smallest absolute Gasteiger partial charge is 0.230 e. The Morgan fingerprint density at radius 3 is 2.81 bits per heavy atom. The van der Waals surface area contributed by atoms with E-state index in [2.05, 4.69) is 34.2 Å². The van der Waals surface area contributed by atoms with Crippen molar-refractivity contribution in [2.45, 2.75) is 26.3 Å². The maximum absolute atomic E-state index is 12.4. The van der Waals surface area contributed by atoms with E-state index >= 15 is 0 Å². The van der Waals surface area contributed by atoms with Gasteiger partial charge in [0.2, 0.25) is 5.91 Å². The first-order valence-corrected chi connectivity index (χ1v) is 9.61. The molecule has 0 unspecified atom stereocenters. The molecule has 0 radical (unpaired) electrons. The largest absolute Gasteiger partial charge is 0.324 e. The van der Waals surface area contributed by atoms with Gasteiger partial charge in [0.1, 0.15) is 5.01 Å². The van der Waals surface area contributed by atoms with E-state index in [9.17, 15) is 4.79 Å². The molecule has 136 valence electrons. The van der Waals surface area contributed by atoms with Crippen molar-refractivity contribution in [3.05, 3.63) is 59.9 Å². The minimum absolute atomic E-state index is 0.114. The van der Waals surface area contributed by atoms with Crippen LogP contribution >= 0.6 is 11.3 Å². The Kier molecular flexibility index (Phi) is 4.68. The Morgan fingerprint density at radius 1 is 1.22 bits per heavy atom. The second-order valence-corrected chi connectivity index (χ2v) is 7.41. The van der Waals surface area contributed by atoms with Gasteiger partial charge in [-0.2, -0.15) is 5.10 Å². The van der Waals surface area contributed by atoms with E-state index in [1.165, 1.54) is 0 Å². The van der Waals surface area contributed by atoms with Gasteiger partial charge in [-0.1, -0.05) is 30.3 Å². The Morgan fingerprint density at radius 2 is 2.04 bits per heavy atom. The summed E-state index contributed by atoms with van der Waals surface area (Å²) in [6, 6.07) is 12.1. The number of carbonyl (C=O) groups is 1. The number of carbonyl (C=O) groups excluding carboxylic acids is 1. The van der Waals surface area contributed by atoms with Gasteiger partial charge in [-0.05, 0) is 19.9 Å². The molecule has 3 heterocycles. The Balaban J connectivity index is 1.45. The van der Waals surface area contributed by atoms with E-state index in [0.717, 1.165) is 27.3 Å². The van der Waals surface area contributed by atoms with E-state index in [-0.39, 0.29) is 18.4 Å². The summed E-state index contributed by atoms with van der Waals surface area (Å²) < 4.78 is 1.86. The molecule has 0 bridgehead atoms. The van der Waals surface area contributed by atoms with Crippen molar-refractivity contribution in [2.75, 3.05) is 5.32 Å². The summed E-state index contributed by atoms with van der Waals surface area (Å²) in [7, 11) is 0. The first kappa shape index (κ1) is 17.4. The van der Waals surface area contributed by atoms with Crippen molar-refractivity contribution >= 4 is 34.0 Å². The molecule has 3 aromatic heterocycles. The van der Waals surface area contributed by atoms with E-state index in [0.29, 0.717) is 5.69 Å². The molecule has 0 spiro atoms. The average Bonchev–Trinajstić information content (AvgIpc) is 3.29. The molecular weight excluding hydrogens is 358 g/mol. The number of hydrogen-bond acceptors (Lipinski definition) is 5. The quantitative estimate of drug-likeness (QED) is 0.562. The first-order chi connectivity index (χ1) is 13.1. The normalized spacial score (nSPS) is 11.2. The summed E-state index contributed by atoms with van der Waals surface area (Å²) in [6.45, 7) is 4.11. The van der Waals surface area contributed by atoms with Crippen LogP contribution in [0.25, 0.3) is 21.6 Å². The van der Waals surface area contributed by atoms with Crippen LogP contribution in [0.4, 0.5) is 5.69 Å². The molecule has 0 aliphatic carbocycles. The lowest BCUT2D eigenvalue weighted by molar-refractivity contribution is -0.115. The molecule has 0 aliphatic rings. The van der Waals surface area contributed by atoms with Crippen LogP contribution in [-0.2, 0) is 11.2 Å². The second-order valence-electron chi connectivity index (χ2n) is 6.55. The monoisotopic (exact) mass is 377 g/mol. The highest BCUT2D eigenvalue weighted by Crippen LogP contribution is 2.24. The Hall–Kier alpha value is -3.06. The zero-order valence-corrected chi connectivity index (χ0v) is 15.9. The van der Waals surface area contributed by atoms with E-state index in [4.69, 9.17) is 0 Å². The topological polar surface area (TPSA) is 72.7 Å². The molecule has 1 amide bonds. The summed E-state index contributed by atoms with van der Waals surface area (Å²) in [4.78, 5) is 21.4. The average molecular weight is 377 g/mol. The molecule has 0 saturated heterocycles. The lowest BCUT2D eigenvalue weighted by Crippen LogP contribution is -2.14. The molecule has 0 fully saturated rings. The SMILES string of the molecule is CC(C)n1ncc2cc(NC(=O)Cc3csc(-c4ccccc4)n3)cnc21. The third-order valence-electron chi connectivity index (χ3n) is 4.12. The predicted octanol–water partition coefficient (Wildman–Crippen LogP) is 4.32. The number of thiazole rings is 1. The number of hydrogen-bond donors (Lipinski definition) is 1. The number of fused-ring (bicyclic) bond motifs is 1. The van der Waals surface area contributed by atoms with Crippen LogP contribution in [0.2, 0.25) is 0 Å². The number of rotatable bonds is 5. The van der Waals surface area contributed by atoms with Crippen LogP contribution in [-0.4, -0.2) is 25.7 Å². The van der Waals surface area contributed by atoms with Crippen LogP contribution in [0.1, 0.15) is 25.6 Å². The van der Waals surface area contributed by atoms with Crippen LogP contribution in [0.3, 0.4) is 0 Å². The zero-order valence-electron chi connectivity index (χ0n) is 15.1. The highest BCUT2D eigenvalue weighted by atomic mass is 32.1. The van der Waals surface area contributed by atoms with Gasteiger partial charge in [0.05, 0.1) is 30.2 Å². The summed E-state index contributed by atoms with van der Waals surface area (Å²) in [5.74, 6) is -0.114. The molecular formula is C20H19N5OS. The molecule has 1 N–H and O–H groups in total. The van der Waals surface area contributed by atoms with Gasteiger partial charge in [0, 0.05) is 22.4 Å². The molecule has 1 aromatic carbocycles. The number of anilines is 1. The van der Waals surface area contributed by atoms with E-state index < -0.39 is 0 Å². The van der Waals surface area contributed by atoms with Gasteiger partial charge in [-0.25, -0.2) is 14.6 Å². The highest BCUT2D eigenvalue weighted by Gasteiger charge is 2.12. The molecule has 4 rings (SSSR count). The molecule has 27 heavy (non-hydrogen) atoms. The van der Waals surface area contributed by atoms with Crippen LogP contribution in [0.15, 0.2) is 54.2 Å². The fraction of sp³-hybridized carbons (Fsp3) is 0.200. The number of pyridine rings is 1. The number of aromatic nitrogens is 4. The molecule has 4 aromatic rings. The van der Waals surface area contributed by atoms with Crippen LogP contribution in [0.5, 0.6) is 0 Å². The Bertz CT molecular complexity index is 1080. The minimum atomic E-state index is -0.114. The second kappa shape index (κ2) is 7.28. The lowest BCUT2D eigenvalue weighted by Gasteiger charge is -2.07. The third-order valence-corrected chi connectivity index (χ3v) is 5.06. The van der Waals surface area contributed by atoms with Gasteiger partial charge < -0.3 is 5.32 Å². The van der Waals surface area contributed by atoms with Crippen molar-refractivity contribution in [1.29, 1.82) is 0 Å². The van der Waals surface area contributed by atoms with Gasteiger partial charge in [0.25, 0.3) is 0 Å². The van der Waals surface area contributed by atoms with Gasteiger partial charge in [-0.15, -0.1) is 11.3 Å².